The van der Waals surface area contributed by atoms with E-state index in [1.165, 1.54) is 4.88 Å². The first-order chi connectivity index (χ1) is 10.7. The molecule has 0 radical (unpaired) electrons. The minimum atomic E-state index is 0.193. The summed E-state index contributed by atoms with van der Waals surface area (Å²) >= 11 is 1.75. The first-order valence-electron chi connectivity index (χ1n) is 8.08. The molecule has 0 aliphatic carbocycles. The van der Waals surface area contributed by atoms with Crippen molar-refractivity contribution in [2.24, 2.45) is 0 Å². The zero-order valence-corrected chi connectivity index (χ0v) is 14.0. The van der Waals surface area contributed by atoms with Gasteiger partial charge in [0, 0.05) is 31.1 Å². The van der Waals surface area contributed by atoms with Crippen molar-refractivity contribution >= 4 is 17.2 Å². The van der Waals surface area contributed by atoms with E-state index in [0.29, 0.717) is 6.54 Å². The minimum absolute atomic E-state index is 0.193. The molecule has 122 valence electrons. The van der Waals surface area contributed by atoms with Crippen molar-refractivity contribution in [1.29, 1.82) is 0 Å². The molecule has 2 aliphatic heterocycles. The predicted molar refractivity (Wildman–Crippen MR) is 88.1 cm³/mol. The highest BCUT2D eigenvalue weighted by atomic mass is 32.1. The molecule has 2 aliphatic rings. The quantitative estimate of drug-likeness (QED) is 0.888. The van der Waals surface area contributed by atoms with Crippen LogP contribution in [0.2, 0.25) is 0 Å². The second-order valence-corrected chi connectivity index (χ2v) is 7.13. The highest BCUT2D eigenvalue weighted by Crippen LogP contribution is 2.34. The van der Waals surface area contributed by atoms with Crippen molar-refractivity contribution in [3.63, 3.8) is 0 Å². The molecule has 1 aromatic heterocycles. The van der Waals surface area contributed by atoms with Gasteiger partial charge in [0.2, 0.25) is 5.91 Å². The maximum absolute atomic E-state index is 12.5. The highest BCUT2D eigenvalue weighted by Gasteiger charge is 2.30. The lowest BCUT2D eigenvalue weighted by Gasteiger charge is -2.30. The third kappa shape index (κ3) is 3.87. The second-order valence-electron chi connectivity index (χ2n) is 6.15. The number of morpholine rings is 1. The summed E-state index contributed by atoms with van der Waals surface area (Å²) < 4.78 is 5.71. The van der Waals surface area contributed by atoms with Crippen molar-refractivity contribution in [2.75, 3.05) is 46.4 Å². The van der Waals surface area contributed by atoms with Gasteiger partial charge in [-0.1, -0.05) is 6.07 Å². The summed E-state index contributed by atoms with van der Waals surface area (Å²) in [4.78, 5) is 18.1. The predicted octanol–water partition coefficient (Wildman–Crippen LogP) is 1.33. The van der Waals surface area contributed by atoms with Crippen LogP contribution in [-0.4, -0.2) is 68.2 Å². The number of amides is 1. The van der Waals surface area contributed by atoms with Gasteiger partial charge >= 0.3 is 0 Å². The molecule has 22 heavy (non-hydrogen) atoms. The molecular weight excluding hydrogens is 298 g/mol. The van der Waals surface area contributed by atoms with Crippen LogP contribution in [0.5, 0.6) is 0 Å². The monoisotopic (exact) mass is 323 g/mol. The van der Waals surface area contributed by atoms with Gasteiger partial charge in [-0.05, 0) is 31.3 Å². The Labute approximate surface area is 136 Å². The third-order valence-electron chi connectivity index (χ3n) is 4.43. The molecule has 0 spiro atoms. The van der Waals surface area contributed by atoms with E-state index in [1.807, 2.05) is 4.90 Å². The van der Waals surface area contributed by atoms with Gasteiger partial charge in [0.25, 0.3) is 0 Å². The number of likely N-dealkylation sites (N-methyl/N-ethyl adjacent to an activating group) is 1. The zero-order valence-electron chi connectivity index (χ0n) is 13.2. The summed E-state index contributed by atoms with van der Waals surface area (Å²) in [5.41, 5.74) is 0. The summed E-state index contributed by atoms with van der Waals surface area (Å²) in [5, 5.41) is 5.37. The lowest BCUT2D eigenvalue weighted by molar-refractivity contribution is -0.131. The Balaban J connectivity index is 1.45. The Bertz CT molecular complexity index is 480. The number of rotatable bonds is 5. The van der Waals surface area contributed by atoms with E-state index in [-0.39, 0.29) is 18.1 Å². The first kappa shape index (κ1) is 15.9. The fourth-order valence-electron chi connectivity index (χ4n) is 3.27. The number of thiophene rings is 1. The van der Waals surface area contributed by atoms with Gasteiger partial charge in [0.15, 0.2) is 0 Å². The van der Waals surface area contributed by atoms with Crippen molar-refractivity contribution in [3.8, 4) is 0 Å². The molecule has 0 saturated carbocycles. The van der Waals surface area contributed by atoms with Crippen molar-refractivity contribution < 1.29 is 9.53 Å². The molecule has 1 N–H and O–H groups in total. The molecule has 5 nitrogen and oxygen atoms in total. The zero-order chi connectivity index (χ0) is 15.4. The maximum atomic E-state index is 12.5. The van der Waals surface area contributed by atoms with Crippen LogP contribution in [0, 0.1) is 0 Å². The van der Waals surface area contributed by atoms with Crippen LogP contribution in [0.15, 0.2) is 17.5 Å². The van der Waals surface area contributed by atoms with Crippen molar-refractivity contribution in [3.05, 3.63) is 22.4 Å². The van der Waals surface area contributed by atoms with Gasteiger partial charge in [0.1, 0.15) is 0 Å². The van der Waals surface area contributed by atoms with Gasteiger partial charge in [-0.2, -0.15) is 0 Å². The van der Waals surface area contributed by atoms with E-state index >= 15 is 0 Å². The van der Waals surface area contributed by atoms with Crippen LogP contribution < -0.4 is 5.32 Å². The lowest BCUT2D eigenvalue weighted by Crippen LogP contribution is -2.46. The van der Waals surface area contributed by atoms with E-state index in [2.05, 4.69) is 34.8 Å². The van der Waals surface area contributed by atoms with Crippen LogP contribution in [0.3, 0.4) is 0 Å². The second kappa shape index (κ2) is 7.55. The van der Waals surface area contributed by atoms with Crippen LogP contribution in [-0.2, 0) is 9.53 Å². The van der Waals surface area contributed by atoms with Crippen LogP contribution in [0.4, 0.5) is 0 Å². The fraction of sp³-hybridized carbons (Fsp3) is 0.688. The normalized spacial score (nSPS) is 26.5. The van der Waals surface area contributed by atoms with Gasteiger partial charge in [-0.25, -0.2) is 0 Å². The highest BCUT2D eigenvalue weighted by molar-refractivity contribution is 7.10. The van der Waals surface area contributed by atoms with Gasteiger partial charge in [-0.15, -0.1) is 11.3 Å². The minimum Gasteiger partial charge on any atom is -0.374 e. The van der Waals surface area contributed by atoms with E-state index < -0.39 is 0 Å². The Morgan fingerprint density at radius 3 is 3.18 bits per heavy atom. The number of hydrogen-bond donors (Lipinski definition) is 1. The Hall–Kier alpha value is -0.950. The molecule has 0 unspecified atom stereocenters. The summed E-state index contributed by atoms with van der Waals surface area (Å²) in [7, 11) is 2.11. The number of nitrogens with zero attached hydrogens (tertiary/aromatic N) is 2. The summed E-state index contributed by atoms with van der Waals surface area (Å²) in [6.45, 7) is 4.74. The number of hydrogen-bond acceptors (Lipinski definition) is 5. The molecule has 2 atom stereocenters. The topological polar surface area (TPSA) is 44.8 Å². The number of nitrogens with one attached hydrogen (secondary N) is 1. The fourth-order valence-corrected chi connectivity index (χ4v) is 4.15. The molecular formula is C16H25N3O2S. The van der Waals surface area contributed by atoms with Crippen molar-refractivity contribution in [1.82, 2.24) is 15.1 Å². The number of carbonyl (C=O) groups is 1. The third-order valence-corrected chi connectivity index (χ3v) is 5.41. The molecule has 1 aromatic rings. The Morgan fingerprint density at radius 2 is 2.41 bits per heavy atom. The van der Waals surface area contributed by atoms with E-state index in [1.54, 1.807) is 11.3 Å². The number of ether oxygens (including phenoxy) is 1. The summed E-state index contributed by atoms with van der Waals surface area (Å²) in [6.07, 6.45) is 2.38. The van der Waals surface area contributed by atoms with Crippen molar-refractivity contribution in [2.45, 2.75) is 25.0 Å². The van der Waals surface area contributed by atoms with E-state index in [4.69, 9.17) is 4.74 Å². The lowest BCUT2D eigenvalue weighted by atomic mass is 10.2. The molecule has 0 aromatic carbocycles. The number of carbonyl (C=O) groups excluding carboxylic acids is 1. The average molecular weight is 323 g/mol. The molecule has 6 heteroatoms. The largest absolute Gasteiger partial charge is 0.374 e. The van der Waals surface area contributed by atoms with E-state index in [0.717, 1.165) is 45.6 Å². The summed E-state index contributed by atoms with van der Waals surface area (Å²) in [5.74, 6) is 0.208. The van der Waals surface area contributed by atoms with Crippen LogP contribution in [0.1, 0.15) is 23.8 Å². The molecule has 0 bridgehead atoms. The summed E-state index contributed by atoms with van der Waals surface area (Å²) in [6, 6.07) is 4.49. The van der Waals surface area contributed by atoms with Gasteiger partial charge in [0.05, 0.1) is 25.3 Å². The number of likely N-dealkylation sites (tertiary alicyclic amines) is 1. The van der Waals surface area contributed by atoms with Crippen LogP contribution in [0.25, 0.3) is 0 Å². The Kier molecular flexibility index (Phi) is 5.46. The smallest absolute Gasteiger partial charge is 0.237 e. The SMILES string of the molecule is CN1CCO[C@H](CNCC(=O)N2CCC[C@H]2c2cccs2)C1. The molecule has 3 rings (SSSR count). The average Bonchev–Trinajstić information content (AvgIpc) is 3.18. The van der Waals surface area contributed by atoms with E-state index in [9.17, 15) is 4.79 Å². The van der Waals surface area contributed by atoms with Gasteiger partial charge in [-0.3, -0.25) is 4.79 Å². The molecule has 2 fully saturated rings. The Morgan fingerprint density at radius 1 is 1.50 bits per heavy atom. The van der Waals surface area contributed by atoms with Crippen LogP contribution >= 0.6 is 11.3 Å². The molecule has 2 saturated heterocycles. The van der Waals surface area contributed by atoms with Gasteiger partial charge < -0.3 is 19.9 Å². The standard InChI is InChI=1S/C16H25N3O2S/c1-18-7-8-21-13(12-18)10-17-11-16(20)19-6-2-4-14(19)15-5-3-9-22-15/h3,5,9,13-14,17H,2,4,6-8,10-12H2,1H3/t13-,14+/m1/s1. The molecule has 1 amide bonds. The molecule has 3 heterocycles. The maximum Gasteiger partial charge on any atom is 0.237 e. The first-order valence-corrected chi connectivity index (χ1v) is 8.96.